The molecule has 1 rings (SSSR count). The second kappa shape index (κ2) is 4.24. The topological polar surface area (TPSA) is 64.9 Å². The van der Waals surface area contributed by atoms with Crippen LogP contribution in [0.1, 0.15) is 19.8 Å². The van der Waals surface area contributed by atoms with Crippen molar-refractivity contribution < 1.29 is 4.79 Å². The predicted octanol–water partition coefficient (Wildman–Crippen LogP) is 0.0159. The predicted molar refractivity (Wildman–Crippen MR) is 48.8 cm³/mol. The van der Waals surface area contributed by atoms with E-state index in [-0.39, 0.29) is 17.9 Å². The van der Waals surface area contributed by atoms with Crippen LogP contribution in [0.2, 0.25) is 0 Å². The van der Waals surface area contributed by atoms with Gasteiger partial charge in [0.2, 0.25) is 5.91 Å². The smallest absolute Gasteiger partial charge is 0.228 e. The maximum Gasteiger partial charge on any atom is 0.228 e. The summed E-state index contributed by atoms with van der Waals surface area (Å²) in [5.74, 6) is -0.0127. The molecular weight excluding hydrogens is 166 g/mol. The van der Waals surface area contributed by atoms with Gasteiger partial charge in [0.1, 0.15) is 6.54 Å². The molecule has 0 spiro atoms. The van der Waals surface area contributed by atoms with Crippen LogP contribution in [0, 0.1) is 16.7 Å². The normalized spacial score (nSPS) is 27.7. The molecule has 72 valence electrons. The highest BCUT2D eigenvalue weighted by atomic mass is 16.2. The van der Waals surface area contributed by atoms with Gasteiger partial charge in [-0.2, -0.15) is 5.26 Å². The molecule has 0 saturated carbocycles. The van der Waals surface area contributed by atoms with Crippen molar-refractivity contribution >= 4 is 5.91 Å². The Morgan fingerprint density at radius 2 is 2.54 bits per heavy atom. The monoisotopic (exact) mass is 181 g/mol. The lowest BCUT2D eigenvalue weighted by atomic mass is 9.82. The van der Waals surface area contributed by atoms with Gasteiger partial charge in [0, 0.05) is 6.54 Å². The van der Waals surface area contributed by atoms with E-state index < -0.39 is 0 Å². The van der Waals surface area contributed by atoms with Gasteiger partial charge in [-0.3, -0.25) is 4.79 Å². The van der Waals surface area contributed by atoms with Crippen molar-refractivity contribution in [2.75, 3.05) is 19.6 Å². The van der Waals surface area contributed by atoms with Crippen LogP contribution in [0.15, 0.2) is 0 Å². The molecule has 0 bridgehead atoms. The molecule has 0 aliphatic carbocycles. The number of nitrogens with zero attached hydrogens (tertiary/aromatic N) is 1. The highest BCUT2D eigenvalue weighted by molar-refractivity contribution is 5.82. The SMILES string of the molecule is CC1(C(=O)NCC#N)CCCNC1. The number of hydrogen-bond donors (Lipinski definition) is 2. The third-order valence-electron chi connectivity index (χ3n) is 2.47. The van der Waals surface area contributed by atoms with Crippen molar-refractivity contribution in [2.24, 2.45) is 5.41 Å². The van der Waals surface area contributed by atoms with Gasteiger partial charge in [-0.05, 0) is 26.3 Å². The first-order valence-electron chi connectivity index (χ1n) is 4.55. The molecule has 0 aromatic heterocycles. The molecule has 13 heavy (non-hydrogen) atoms. The summed E-state index contributed by atoms with van der Waals surface area (Å²) in [7, 11) is 0. The Labute approximate surface area is 78.3 Å². The standard InChI is InChI=1S/C9H15N3O/c1-9(3-2-5-11-7-9)8(13)12-6-4-10/h11H,2-3,5-7H2,1H3,(H,12,13). The highest BCUT2D eigenvalue weighted by Gasteiger charge is 2.34. The van der Waals surface area contributed by atoms with E-state index in [1.807, 2.05) is 13.0 Å². The Hall–Kier alpha value is -1.08. The van der Waals surface area contributed by atoms with Crippen LogP contribution < -0.4 is 10.6 Å². The third kappa shape index (κ3) is 2.43. The summed E-state index contributed by atoms with van der Waals surface area (Å²) in [5.41, 5.74) is -0.324. The molecule has 1 aliphatic heterocycles. The molecule has 1 atom stereocenters. The van der Waals surface area contributed by atoms with Crippen molar-refractivity contribution in [3.05, 3.63) is 0 Å². The lowest BCUT2D eigenvalue weighted by Crippen LogP contribution is -2.48. The fraction of sp³-hybridized carbons (Fsp3) is 0.778. The minimum atomic E-state index is -0.324. The van der Waals surface area contributed by atoms with E-state index in [0.717, 1.165) is 19.4 Å². The second-order valence-electron chi connectivity index (χ2n) is 3.68. The molecular formula is C9H15N3O. The van der Waals surface area contributed by atoms with E-state index in [1.165, 1.54) is 0 Å². The molecule has 1 heterocycles. The summed E-state index contributed by atoms with van der Waals surface area (Å²) in [5, 5.41) is 14.1. The van der Waals surface area contributed by atoms with Gasteiger partial charge in [0.15, 0.2) is 0 Å². The van der Waals surface area contributed by atoms with E-state index in [1.54, 1.807) is 0 Å². The summed E-state index contributed by atoms with van der Waals surface area (Å²) in [4.78, 5) is 11.6. The number of carbonyl (C=O) groups is 1. The average molecular weight is 181 g/mol. The Morgan fingerprint density at radius 1 is 1.77 bits per heavy atom. The molecule has 2 N–H and O–H groups in total. The molecule has 4 heteroatoms. The quantitative estimate of drug-likeness (QED) is 0.590. The maximum atomic E-state index is 11.6. The van der Waals surface area contributed by atoms with Gasteiger partial charge in [0.05, 0.1) is 11.5 Å². The van der Waals surface area contributed by atoms with E-state index in [2.05, 4.69) is 10.6 Å². The lowest BCUT2D eigenvalue weighted by Gasteiger charge is -2.32. The maximum absolute atomic E-state index is 11.6. The van der Waals surface area contributed by atoms with Crippen molar-refractivity contribution in [3.8, 4) is 6.07 Å². The molecule has 1 fully saturated rings. The van der Waals surface area contributed by atoms with Crippen molar-refractivity contribution in [1.82, 2.24) is 10.6 Å². The number of nitriles is 1. The van der Waals surface area contributed by atoms with Crippen LogP contribution in [0.5, 0.6) is 0 Å². The van der Waals surface area contributed by atoms with Crippen LogP contribution >= 0.6 is 0 Å². The fourth-order valence-corrected chi connectivity index (χ4v) is 1.58. The average Bonchev–Trinajstić information content (AvgIpc) is 2.15. The minimum Gasteiger partial charge on any atom is -0.342 e. The Morgan fingerprint density at radius 3 is 3.08 bits per heavy atom. The Kier molecular flexibility index (Phi) is 3.26. The molecule has 0 aromatic carbocycles. The largest absolute Gasteiger partial charge is 0.342 e. The highest BCUT2D eigenvalue weighted by Crippen LogP contribution is 2.25. The molecule has 1 amide bonds. The van der Waals surface area contributed by atoms with Gasteiger partial charge in [-0.1, -0.05) is 0 Å². The zero-order chi connectivity index (χ0) is 9.73. The van der Waals surface area contributed by atoms with Gasteiger partial charge in [-0.15, -0.1) is 0 Å². The summed E-state index contributed by atoms with van der Waals surface area (Å²) in [6.07, 6.45) is 1.92. The van der Waals surface area contributed by atoms with Crippen LogP contribution in [-0.2, 0) is 4.79 Å². The number of carbonyl (C=O) groups excluding carboxylic acids is 1. The van der Waals surface area contributed by atoms with Gasteiger partial charge in [0.25, 0.3) is 0 Å². The molecule has 0 radical (unpaired) electrons. The Balaban J connectivity index is 2.47. The zero-order valence-electron chi connectivity index (χ0n) is 7.89. The van der Waals surface area contributed by atoms with Crippen molar-refractivity contribution in [1.29, 1.82) is 5.26 Å². The van der Waals surface area contributed by atoms with Gasteiger partial charge < -0.3 is 10.6 Å². The summed E-state index contributed by atoms with van der Waals surface area (Å²) < 4.78 is 0. The van der Waals surface area contributed by atoms with E-state index in [9.17, 15) is 4.79 Å². The second-order valence-corrected chi connectivity index (χ2v) is 3.68. The molecule has 1 saturated heterocycles. The summed E-state index contributed by atoms with van der Waals surface area (Å²) in [6.45, 7) is 3.74. The number of hydrogen-bond acceptors (Lipinski definition) is 3. The first-order chi connectivity index (χ1) is 6.19. The van der Waals surface area contributed by atoms with Gasteiger partial charge in [-0.25, -0.2) is 0 Å². The number of nitrogens with one attached hydrogen (secondary N) is 2. The van der Waals surface area contributed by atoms with E-state index >= 15 is 0 Å². The molecule has 1 aliphatic rings. The fourth-order valence-electron chi connectivity index (χ4n) is 1.58. The van der Waals surface area contributed by atoms with Crippen LogP contribution in [-0.4, -0.2) is 25.5 Å². The van der Waals surface area contributed by atoms with Crippen LogP contribution in [0.3, 0.4) is 0 Å². The first kappa shape index (κ1) is 10.0. The van der Waals surface area contributed by atoms with Crippen LogP contribution in [0.25, 0.3) is 0 Å². The molecule has 0 aromatic rings. The minimum absolute atomic E-state index is 0.0127. The lowest BCUT2D eigenvalue weighted by molar-refractivity contribution is -0.130. The van der Waals surface area contributed by atoms with E-state index in [4.69, 9.17) is 5.26 Å². The van der Waals surface area contributed by atoms with Crippen LogP contribution in [0.4, 0.5) is 0 Å². The van der Waals surface area contributed by atoms with Crippen molar-refractivity contribution in [3.63, 3.8) is 0 Å². The Bertz CT molecular complexity index is 226. The zero-order valence-corrected chi connectivity index (χ0v) is 7.89. The number of amides is 1. The molecule has 1 unspecified atom stereocenters. The first-order valence-corrected chi connectivity index (χ1v) is 4.55. The number of piperidine rings is 1. The van der Waals surface area contributed by atoms with E-state index in [0.29, 0.717) is 6.54 Å². The summed E-state index contributed by atoms with van der Waals surface area (Å²) >= 11 is 0. The van der Waals surface area contributed by atoms with Gasteiger partial charge >= 0.3 is 0 Å². The molecule has 4 nitrogen and oxygen atoms in total. The summed E-state index contributed by atoms with van der Waals surface area (Å²) in [6, 6.07) is 1.90. The number of rotatable bonds is 2. The van der Waals surface area contributed by atoms with Crippen molar-refractivity contribution in [2.45, 2.75) is 19.8 Å². The third-order valence-corrected chi connectivity index (χ3v) is 2.47.